The molecular weight excluding hydrogens is 482 g/mol. The zero-order valence-corrected chi connectivity index (χ0v) is 21.5. The first kappa shape index (κ1) is 23.1. The van der Waals surface area contributed by atoms with Crippen LogP contribution < -0.4 is 9.08 Å². The summed E-state index contributed by atoms with van der Waals surface area (Å²) < 4.78 is 31.7. The second-order valence-corrected chi connectivity index (χ2v) is 10.8. The molecule has 0 saturated carbocycles. The standard InChI is InChI=1S/C30H25N3O3S/c1-32(2)20-16-18-21(19-17-20)33-29-25-13-7-5-11-23(25)22-10-4-6-12-24(22)28(29)31-30(33)26-14-8-9-15-27(26)36-37(3,34)35/h4-19H,1-3H3. The van der Waals surface area contributed by atoms with E-state index in [2.05, 4.69) is 58.0 Å². The SMILES string of the molecule is CN(C)c1ccc(-n2c(-c3ccccc3OS(C)(=O)=O)nc3c4ccccc4c4ccccc4c32)cc1. The van der Waals surface area contributed by atoms with E-state index in [-0.39, 0.29) is 5.75 Å². The van der Waals surface area contributed by atoms with Crippen molar-refractivity contribution in [2.24, 2.45) is 0 Å². The summed E-state index contributed by atoms with van der Waals surface area (Å²) in [6, 6.07) is 31.9. The molecule has 0 aliphatic carbocycles. The monoisotopic (exact) mass is 507 g/mol. The van der Waals surface area contributed by atoms with Crippen molar-refractivity contribution >= 4 is 48.4 Å². The molecule has 5 aromatic carbocycles. The highest BCUT2D eigenvalue weighted by Gasteiger charge is 2.23. The Labute approximate surface area is 215 Å². The molecular formula is C30H25N3O3S. The number of benzene rings is 5. The molecule has 1 heterocycles. The fourth-order valence-electron chi connectivity index (χ4n) is 4.92. The zero-order chi connectivity index (χ0) is 25.7. The highest BCUT2D eigenvalue weighted by Crippen LogP contribution is 2.41. The van der Waals surface area contributed by atoms with Gasteiger partial charge in [0.05, 0.1) is 22.9 Å². The Morgan fingerprint density at radius 2 is 1.30 bits per heavy atom. The minimum Gasteiger partial charge on any atom is -0.382 e. The Morgan fingerprint density at radius 1 is 0.730 bits per heavy atom. The maximum atomic E-state index is 12.1. The predicted molar refractivity (Wildman–Crippen MR) is 151 cm³/mol. The average Bonchev–Trinajstić information content (AvgIpc) is 3.29. The molecule has 0 N–H and O–H groups in total. The molecule has 6 aromatic rings. The van der Waals surface area contributed by atoms with Crippen molar-refractivity contribution in [2.45, 2.75) is 0 Å². The van der Waals surface area contributed by atoms with Crippen molar-refractivity contribution in [1.82, 2.24) is 9.55 Å². The molecule has 0 unspecified atom stereocenters. The number of fused-ring (bicyclic) bond motifs is 6. The van der Waals surface area contributed by atoms with Crippen LogP contribution in [0.25, 0.3) is 49.7 Å². The predicted octanol–water partition coefficient (Wildman–Crippen LogP) is 6.40. The molecule has 1 aromatic heterocycles. The number of rotatable bonds is 5. The molecule has 0 aliphatic rings. The maximum Gasteiger partial charge on any atom is 0.306 e. The van der Waals surface area contributed by atoms with Crippen LogP contribution >= 0.6 is 0 Å². The number of para-hydroxylation sites is 1. The van der Waals surface area contributed by atoms with Gasteiger partial charge in [0.15, 0.2) is 5.75 Å². The minimum atomic E-state index is -3.74. The second kappa shape index (κ2) is 8.64. The summed E-state index contributed by atoms with van der Waals surface area (Å²) in [5.74, 6) is 0.841. The lowest BCUT2D eigenvalue weighted by atomic mass is 10.00. The Hall–Kier alpha value is -4.36. The summed E-state index contributed by atoms with van der Waals surface area (Å²) in [7, 11) is 0.269. The molecule has 0 atom stereocenters. The fraction of sp³-hybridized carbons (Fsp3) is 0.100. The smallest absolute Gasteiger partial charge is 0.306 e. The number of imidazole rings is 1. The lowest BCUT2D eigenvalue weighted by Gasteiger charge is -2.16. The summed E-state index contributed by atoms with van der Waals surface area (Å²) >= 11 is 0. The quantitative estimate of drug-likeness (QED) is 0.199. The number of hydrogen-bond donors (Lipinski definition) is 0. The van der Waals surface area contributed by atoms with Crippen molar-refractivity contribution in [3.8, 4) is 22.8 Å². The van der Waals surface area contributed by atoms with Gasteiger partial charge in [-0.2, -0.15) is 8.42 Å². The Morgan fingerprint density at radius 3 is 1.95 bits per heavy atom. The molecule has 7 heteroatoms. The third-order valence-electron chi connectivity index (χ3n) is 6.53. The van der Waals surface area contributed by atoms with Crippen LogP contribution in [0.15, 0.2) is 97.1 Å². The van der Waals surface area contributed by atoms with Gasteiger partial charge in [-0.1, -0.05) is 60.7 Å². The molecule has 6 rings (SSSR count). The molecule has 184 valence electrons. The van der Waals surface area contributed by atoms with E-state index in [0.717, 1.165) is 50.2 Å². The van der Waals surface area contributed by atoms with Gasteiger partial charge in [-0.05, 0) is 47.2 Å². The molecule has 0 spiro atoms. The third-order valence-corrected chi connectivity index (χ3v) is 7.01. The van der Waals surface area contributed by atoms with Crippen molar-refractivity contribution in [3.63, 3.8) is 0 Å². The summed E-state index contributed by atoms with van der Waals surface area (Å²) in [6.45, 7) is 0. The van der Waals surface area contributed by atoms with E-state index >= 15 is 0 Å². The largest absolute Gasteiger partial charge is 0.382 e. The van der Waals surface area contributed by atoms with Crippen LogP contribution in [0.5, 0.6) is 5.75 Å². The molecule has 6 nitrogen and oxygen atoms in total. The highest BCUT2D eigenvalue weighted by atomic mass is 32.2. The third kappa shape index (κ3) is 3.97. The van der Waals surface area contributed by atoms with Gasteiger partial charge in [0, 0.05) is 36.2 Å². The molecule has 0 aliphatic heterocycles. The van der Waals surface area contributed by atoms with Crippen LogP contribution in [0.1, 0.15) is 0 Å². The van der Waals surface area contributed by atoms with Crippen LogP contribution in [0.4, 0.5) is 5.69 Å². The van der Waals surface area contributed by atoms with Gasteiger partial charge >= 0.3 is 10.1 Å². The number of anilines is 1. The van der Waals surface area contributed by atoms with Gasteiger partial charge in [-0.15, -0.1) is 0 Å². The molecule has 0 saturated heterocycles. The van der Waals surface area contributed by atoms with Crippen molar-refractivity contribution in [1.29, 1.82) is 0 Å². The van der Waals surface area contributed by atoms with Crippen LogP contribution in [0.2, 0.25) is 0 Å². The van der Waals surface area contributed by atoms with Gasteiger partial charge < -0.3 is 9.08 Å². The highest BCUT2D eigenvalue weighted by molar-refractivity contribution is 7.86. The van der Waals surface area contributed by atoms with Gasteiger partial charge in [0.25, 0.3) is 0 Å². The van der Waals surface area contributed by atoms with E-state index in [0.29, 0.717) is 11.4 Å². The van der Waals surface area contributed by atoms with E-state index in [1.807, 2.05) is 50.5 Å². The molecule has 0 fully saturated rings. The lowest BCUT2D eigenvalue weighted by molar-refractivity contribution is 0.493. The molecule has 0 bridgehead atoms. The average molecular weight is 508 g/mol. The first-order chi connectivity index (χ1) is 17.8. The van der Waals surface area contributed by atoms with Crippen molar-refractivity contribution in [2.75, 3.05) is 25.3 Å². The summed E-state index contributed by atoms with van der Waals surface area (Å²) in [4.78, 5) is 7.21. The summed E-state index contributed by atoms with van der Waals surface area (Å²) in [5, 5.41) is 4.34. The minimum absolute atomic E-state index is 0.236. The Bertz CT molecular complexity index is 1910. The molecule has 37 heavy (non-hydrogen) atoms. The van der Waals surface area contributed by atoms with Gasteiger partial charge in [0.1, 0.15) is 5.82 Å². The van der Waals surface area contributed by atoms with E-state index in [9.17, 15) is 8.42 Å². The fourth-order valence-corrected chi connectivity index (χ4v) is 5.40. The number of aromatic nitrogens is 2. The Balaban J connectivity index is 1.79. The van der Waals surface area contributed by atoms with Crippen molar-refractivity contribution in [3.05, 3.63) is 97.1 Å². The second-order valence-electron chi connectivity index (χ2n) is 9.25. The topological polar surface area (TPSA) is 64.4 Å². The van der Waals surface area contributed by atoms with E-state index in [1.54, 1.807) is 12.1 Å². The van der Waals surface area contributed by atoms with E-state index < -0.39 is 10.1 Å². The first-order valence-electron chi connectivity index (χ1n) is 11.9. The van der Waals surface area contributed by atoms with Gasteiger partial charge in [-0.25, -0.2) is 4.98 Å². The Kier molecular flexibility index (Phi) is 5.38. The number of hydrogen-bond acceptors (Lipinski definition) is 5. The van der Waals surface area contributed by atoms with Crippen LogP contribution in [-0.2, 0) is 10.1 Å². The first-order valence-corrected chi connectivity index (χ1v) is 13.7. The zero-order valence-electron chi connectivity index (χ0n) is 20.7. The van der Waals surface area contributed by atoms with E-state index in [1.165, 1.54) is 0 Å². The van der Waals surface area contributed by atoms with Crippen LogP contribution in [-0.4, -0.2) is 38.3 Å². The molecule has 0 amide bonds. The lowest BCUT2D eigenvalue weighted by Crippen LogP contribution is -2.09. The normalized spacial score (nSPS) is 11.9. The van der Waals surface area contributed by atoms with Gasteiger partial charge in [-0.3, -0.25) is 4.57 Å². The summed E-state index contributed by atoms with van der Waals surface area (Å²) in [6.07, 6.45) is 1.05. The maximum absolute atomic E-state index is 12.1. The van der Waals surface area contributed by atoms with E-state index in [4.69, 9.17) is 9.17 Å². The van der Waals surface area contributed by atoms with Crippen LogP contribution in [0.3, 0.4) is 0 Å². The number of nitrogens with zero attached hydrogens (tertiary/aromatic N) is 3. The van der Waals surface area contributed by atoms with Crippen LogP contribution in [0, 0.1) is 0 Å². The molecule has 0 radical (unpaired) electrons. The van der Waals surface area contributed by atoms with Gasteiger partial charge in [0.2, 0.25) is 0 Å². The summed E-state index contributed by atoms with van der Waals surface area (Å²) in [5.41, 5.74) is 4.38. The van der Waals surface area contributed by atoms with Crippen molar-refractivity contribution < 1.29 is 12.6 Å².